The lowest BCUT2D eigenvalue weighted by Gasteiger charge is -2.08. The van der Waals surface area contributed by atoms with E-state index < -0.39 is 0 Å². The highest BCUT2D eigenvalue weighted by atomic mass is 19.1. The Kier molecular flexibility index (Phi) is 5.20. The van der Waals surface area contributed by atoms with Crippen molar-refractivity contribution in [3.63, 3.8) is 0 Å². The van der Waals surface area contributed by atoms with Crippen molar-refractivity contribution in [2.45, 2.75) is 6.42 Å². The molecule has 1 heterocycles. The molecule has 0 bridgehead atoms. The van der Waals surface area contributed by atoms with E-state index in [9.17, 15) is 9.18 Å². The molecular formula is C20H15FN4O. The van der Waals surface area contributed by atoms with E-state index >= 15 is 0 Å². The van der Waals surface area contributed by atoms with Gasteiger partial charge in [0.15, 0.2) is 0 Å². The van der Waals surface area contributed by atoms with Gasteiger partial charge in [-0.2, -0.15) is 5.26 Å². The molecule has 2 N–H and O–H groups in total. The van der Waals surface area contributed by atoms with Gasteiger partial charge in [0.1, 0.15) is 11.6 Å². The van der Waals surface area contributed by atoms with Crippen LogP contribution in [0.15, 0.2) is 66.9 Å². The number of benzene rings is 2. The topological polar surface area (TPSA) is 77.8 Å². The van der Waals surface area contributed by atoms with E-state index in [0.717, 1.165) is 5.69 Å². The summed E-state index contributed by atoms with van der Waals surface area (Å²) in [5, 5.41) is 14.7. The van der Waals surface area contributed by atoms with Crippen LogP contribution in [0, 0.1) is 17.1 Å². The third kappa shape index (κ3) is 4.65. The maximum absolute atomic E-state index is 13.1. The van der Waals surface area contributed by atoms with Gasteiger partial charge in [0.25, 0.3) is 0 Å². The van der Waals surface area contributed by atoms with Gasteiger partial charge >= 0.3 is 0 Å². The smallest absolute Gasteiger partial charge is 0.228 e. The molecule has 0 unspecified atom stereocenters. The number of amides is 1. The molecule has 1 amide bonds. The summed E-state index contributed by atoms with van der Waals surface area (Å²) in [4.78, 5) is 16.3. The number of hydrogen-bond donors (Lipinski definition) is 2. The van der Waals surface area contributed by atoms with E-state index in [1.165, 1.54) is 18.3 Å². The van der Waals surface area contributed by atoms with Crippen molar-refractivity contribution in [3.05, 3.63) is 83.8 Å². The Morgan fingerprint density at radius 2 is 1.92 bits per heavy atom. The first-order chi connectivity index (χ1) is 12.6. The third-order valence-corrected chi connectivity index (χ3v) is 3.57. The minimum absolute atomic E-state index is 0.0821. The number of nitriles is 1. The first kappa shape index (κ1) is 17.1. The van der Waals surface area contributed by atoms with Gasteiger partial charge in [-0.05, 0) is 48.0 Å². The summed E-state index contributed by atoms with van der Waals surface area (Å²) in [5.74, 6) is -0.0316. The zero-order valence-electron chi connectivity index (χ0n) is 13.7. The van der Waals surface area contributed by atoms with E-state index in [2.05, 4.69) is 21.7 Å². The van der Waals surface area contributed by atoms with Crippen LogP contribution in [0.2, 0.25) is 0 Å². The minimum Gasteiger partial charge on any atom is -0.340 e. The van der Waals surface area contributed by atoms with Crippen molar-refractivity contribution in [3.8, 4) is 6.07 Å². The highest BCUT2D eigenvalue weighted by molar-refractivity contribution is 5.92. The average molecular weight is 346 g/mol. The maximum Gasteiger partial charge on any atom is 0.228 e. The SMILES string of the molecule is N#Cc1cccc(Nc2ccc(NC(=O)Cc3cccc(F)c3)cn2)c1. The summed E-state index contributed by atoms with van der Waals surface area (Å²) in [6.45, 7) is 0. The normalized spacial score (nSPS) is 10.0. The van der Waals surface area contributed by atoms with E-state index in [-0.39, 0.29) is 18.1 Å². The molecule has 0 fully saturated rings. The number of rotatable bonds is 5. The fourth-order valence-corrected chi connectivity index (χ4v) is 2.39. The summed E-state index contributed by atoms with van der Waals surface area (Å²) in [6.07, 6.45) is 1.61. The van der Waals surface area contributed by atoms with E-state index in [0.29, 0.717) is 22.6 Å². The maximum atomic E-state index is 13.1. The predicted molar refractivity (Wildman–Crippen MR) is 97.4 cm³/mol. The van der Waals surface area contributed by atoms with Crippen LogP contribution in [0.3, 0.4) is 0 Å². The predicted octanol–water partition coefficient (Wildman–Crippen LogP) is 4.02. The van der Waals surface area contributed by atoms with Gasteiger partial charge in [-0.25, -0.2) is 9.37 Å². The number of carbonyl (C=O) groups is 1. The standard InChI is InChI=1S/C20H15FN4O/c21-16-5-1-3-14(9-16)11-20(26)25-18-7-8-19(23-13-18)24-17-6-2-4-15(10-17)12-22/h1-10,13H,11H2,(H,23,24)(H,25,26). The number of nitrogens with one attached hydrogen (secondary N) is 2. The van der Waals surface area contributed by atoms with Crippen LogP contribution in [-0.2, 0) is 11.2 Å². The zero-order valence-corrected chi connectivity index (χ0v) is 13.7. The number of anilines is 3. The Labute approximate surface area is 150 Å². The zero-order chi connectivity index (χ0) is 18.4. The molecule has 0 aliphatic carbocycles. The second kappa shape index (κ2) is 7.90. The first-order valence-electron chi connectivity index (χ1n) is 7.90. The van der Waals surface area contributed by atoms with Crippen LogP contribution < -0.4 is 10.6 Å². The van der Waals surface area contributed by atoms with Crippen LogP contribution >= 0.6 is 0 Å². The van der Waals surface area contributed by atoms with Gasteiger partial charge in [0, 0.05) is 5.69 Å². The Hall–Kier alpha value is -3.72. The van der Waals surface area contributed by atoms with Crippen LogP contribution in [0.1, 0.15) is 11.1 Å². The fraction of sp³-hybridized carbons (Fsp3) is 0.0500. The van der Waals surface area contributed by atoms with Crippen molar-refractivity contribution in [1.29, 1.82) is 5.26 Å². The van der Waals surface area contributed by atoms with E-state index in [1.54, 1.807) is 42.5 Å². The van der Waals surface area contributed by atoms with Crippen LogP contribution in [0.25, 0.3) is 0 Å². The largest absolute Gasteiger partial charge is 0.340 e. The van der Waals surface area contributed by atoms with Crippen molar-refractivity contribution in [2.24, 2.45) is 0 Å². The van der Waals surface area contributed by atoms with Crippen molar-refractivity contribution >= 4 is 23.1 Å². The molecule has 3 rings (SSSR count). The van der Waals surface area contributed by atoms with Gasteiger partial charge in [-0.3, -0.25) is 4.79 Å². The fourth-order valence-electron chi connectivity index (χ4n) is 2.39. The van der Waals surface area contributed by atoms with Crippen LogP contribution in [0.5, 0.6) is 0 Å². The van der Waals surface area contributed by atoms with Gasteiger partial charge in [0.2, 0.25) is 5.91 Å². The van der Waals surface area contributed by atoms with Crippen molar-refractivity contribution in [2.75, 3.05) is 10.6 Å². The molecule has 26 heavy (non-hydrogen) atoms. The molecule has 5 nitrogen and oxygen atoms in total. The van der Waals surface area contributed by atoms with Crippen molar-refractivity contribution in [1.82, 2.24) is 4.98 Å². The molecule has 0 aliphatic heterocycles. The number of hydrogen-bond acceptors (Lipinski definition) is 4. The number of nitrogens with zero attached hydrogens (tertiary/aromatic N) is 2. The molecule has 0 spiro atoms. The molecule has 1 aromatic heterocycles. The molecule has 2 aromatic carbocycles. The number of aromatic nitrogens is 1. The Morgan fingerprint density at radius 1 is 1.08 bits per heavy atom. The Bertz CT molecular complexity index is 964. The summed E-state index contributed by atoms with van der Waals surface area (Å²) in [7, 11) is 0. The third-order valence-electron chi connectivity index (χ3n) is 3.57. The highest BCUT2D eigenvalue weighted by Crippen LogP contribution is 2.17. The lowest BCUT2D eigenvalue weighted by molar-refractivity contribution is -0.115. The molecule has 0 saturated heterocycles. The van der Waals surface area contributed by atoms with Gasteiger partial charge < -0.3 is 10.6 Å². The second-order valence-corrected chi connectivity index (χ2v) is 5.60. The summed E-state index contributed by atoms with van der Waals surface area (Å²) in [5.41, 5.74) is 2.45. The number of halogens is 1. The van der Waals surface area contributed by atoms with Crippen molar-refractivity contribution < 1.29 is 9.18 Å². The summed E-state index contributed by atoms with van der Waals surface area (Å²) < 4.78 is 13.1. The van der Waals surface area contributed by atoms with Crippen LogP contribution in [-0.4, -0.2) is 10.9 Å². The lowest BCUT2D eigenvalue weighted by Crippen LogP contribution is -2.14. The van der Waals surface area contributed by atoms with E-state index in [1.807, 2.05) is 6.07 Å². The van der Waals surface area contributed by atoms with Gasteiger partial charge in [-0.15, -0.1) is 0 Å². The molecule has 0 radical (unpaired) electrons. The molecule has 0 aliphatic rings. The summed E-state index contributed by atoms with van der Waals surface area (Å²) >= 11 is 0. The number of pyridine rings is 1. The van der Waals surface area contributed by atoms with Gasteiger partial charge in [0.05, 0.1) is 29.9 Å². The summed E-state index contributed by atoms with van der Waals surface area (Å²) in [6, 6.07) is 18.5. The monoisotopic (exact) mass is 346 g/mol. The molecule has 3 aromatic rings. The Morgan fingerprint density at radius 3 is 2.65 bits per heavy atom. The molecule has 0 saturated carbocycles. The molecule has 128 valence electrons. The second-order valence-electron chi connectivity index (χ2n) is 5.60. The average Bonchev–Trinajstić information content (AvgIpc) is 2.63. The first-order valence-corrected chi connectivity index (χ1v) is 7.90. The van der Waals surface area contributed by atoms with Gasteiger partial charge in [-0.1, -0.05) is 18.2 Å². The molecule has 6 heteroatoms. The van der Waals surface area contributed by atoms with E-state index in [4.69, 9.17) is 5.26 Å². The molecular weight excluding hydrogens is 331 g/mol. The number of carbonyl (C=O) groups excluding carboxylic acids is 1. The minimum atomic E-state index is -0.368. The lowest BCUT2D eigenvalue weighted by atomic mass is 10.1. The molecule has 0 atom stereocenters. The highest BCUT2D eigenvalue weighted by Gasteiger charge is 2.06. The van der Waals surface area contributed by atoms with Crippen LogP contribution in [0.4, 0.5) is 21.6 Å². The quantitative estimate of drug-likeness (QED) is 0.731. The Balaban J connectivity index is 1.60.